The summed E-state index contributed by atoms with van der Waals surface area (Å²) in [6, 6.07) is 5.14. The number of H-pyrrole nitrogens is 1. The summed E-state index contributed by atoms with van der Waals surface area (Å²) in [6.45, 7) is 0. The molecular formula is C10H8BrNO3. The standard InChI is InChI=1S/C10H8BrNO3/c1-15-6-2-5-3-8(10(13)14)12-9(5)7(11)4-6/h2-4,12H,1H3,(H,13,14). The van der Waals surface area contributed by atoms with E-state index in [9.17, 15) is 4.79 Å². The van der Waals surface area contributed by atoms with Gasteiger partial charge in [0.25, 0.3) is 0 Å². The summed E-state index contributed by atoms with van der Waals surface area (Å²) in [4.78, 5) is 13.6. The van der Waals surface area contributed by atoms with Gasteiger partial charge < -0.3 is 14.8 Å². The lowest BCUT2D eigenvalue weighted by Gasteiger charge is -2.00. The molecule has 5 heteroatoms. The average Bonchev–Trinajstić information content (AvgIpc) is 2.61. The number of aromatic nitrogens is 1. The number of rotatable bonds is 2. The number of carboxylic acids is 1. The first kappa shape index (κ1) is 10.0. The molecule has 0 aliphatic rings. The number of halogens is 1. The van der Waals surface area contributed by atoms with E-state index in [1.165, 1.54) is 0 Å². The van der Waals surface area contributed by atoms with E-state index in [1.807, 2.05) is 0 Å². The Kier molecular flexibility index (Phi) is 2.40. The van der Waals surface area contributed by atoms with Gasteiger partial charge in [-0.1, -0.05) is 0 Å². The highest BCUT2D eigenvalue weighted by atomic mass is 79.9. The summed E-state index contributed by atoms with van der Waals surface area (Å²) in [5.74, 6) is -0.289. The number of fused-ring (bicyclic) bond motifs is 1. The Morgan fingerprint density at radius 1 is 1.47 bits per heavy atom. The minimum absolute atomic E-state index is 0.166. The van der Waals surface area contributed by atoms with Crippen LogP contribution in [0.25, 0.3) is 10.9 Å². The van der Waals surface area contributed by atoms with Gasteiger partial charge in [-0.3, -0.25) is 0 Å². The van der Waals surface area contributed by atoms with Crippen LogP contribution in [-0.2, 0) is 0 Å². The molecule has 0 saturated carbocycles. The number of aromatic amines is 1. The Hall–Kier alpha value is -1.49. The Bertz CT molecular complexity index is 533. The van der Waals surface area contributed by atoms with Crippen LogP contribution in [0, 0.1) is 0 Å². The summed E-state index contributed by atoms with van der Waals surface area (Å²) >= 11 is 3.35. The zero-order valence-electron chi connectivity index (χ0n) is 7.87. The molecule has 0 saturated heterocycles. The van der Waals surface area contributed by atoms with Gasteiger partial charge in [-0.15, -0.1) is 0 Å². The van der Waals surface area contributed by atoms with E-state index in [4.69, 9.17) is 9.84 Å². The quantitative estimate of drug-likeness (QED) is 0.881. The van der Waals surface area contributed by atoms with Crippen molar-refractivity contribution in [1.29, 1.82) is 0 Å². The van der Waals surface area contributed by atoms with Crippen LogP contribution in [0.2, 0.25) is 0 Å². The number of hydrogen-bond acceptors (Lipinski definition) is 2. The molecule has 2 rings (SSSR count). The summed E-state index contributed by atoms with van der Waals surface area (Å²) in [5.41, 5.74) is 0.923. The Morgan fingerprint density at radius 2 is 2.20 bits per heavy atom. The zero-order chi connectivity index (χ0) is 11.0. The molecule has 2 aromatic rings. The minimum atomic E-state index is -0.975. The monoisotopic (exact) mass is 269 g/mol. The number of benzene rings is 1. The zero-order valence-corrected chi connectivity index (χ0v) is 9.46. The van der Waals surface area contributed by atoms with Crippen molar-refractivity contribution in [3.05, 3.63) is 28.4 Å². The van der Waals surface area contributed by atoms with Gasteiger partial charge in [-0.2, -0.15) is 0 Å². The van der Waals surface area contributed by atoms with Crippen molar-refractivity contribution in [2.75, 3.05) is 7.11 Å². The molecule has 15 heavy (non-hydrogen) atoms. The van der Waals surface area contributed by atoms with Gasteiger partial charge in [0.2, 0.25) is 0 Å². The second kappa shape index (κ2) is 3.58. The molecule has 1 aromatic carbocycles. The lowest BCUT2D eigenvalue weighted by molar-refractivity contribution is 0.0691. The van der Waals surface area contributed by atoms with Gasteiger partial charge >= 0.3 is 5.97 Å². The minimum Gasteiger partial charge on any atom is -0.497 e. The van der Waals surface area contributed by atoms with Crippen molar-refractivity contribution in [3.8, 4) is 5.75 Å². The van der Waals surface area contributed by atoms with Crippen LogP contribution in [0.3, 0.4) is 0 Å². The predicted octanol–water partition coefficient (Wildman–Crippen LogP) is 2.64. The van der Waals surface area contributed by atoms with Gasteiger partial charge in [0.15, 0.2) is 0 Å². The fourth-order valence-corrected chi connectivity index (χ4v) is 1.96. The summed E-state index contributed by atoms with van der Waals surface area (Å²) in [5, 5.41) is 9.63. The molecule has 0 amide bonds. The van der Waals surface area contributed by atoms with Crippen LogP contribution in [0.5, 0.6) is 5.75 Å². The van der Waals surface area contributed by atoms with Gasteiger partial charge in [-0.05, 0) is 34.1 Å². The number of aromatic carboxylic acids is 1. The second-order valence-corrected chi connectivity index (χ2v) is 3.92. The van der Waals surface area contributed by atoms with E-state index in [-0.39, 0.29) is 5.69 Å². The molecule has 78 valence electrons. The molecule has 0 fully saturated rings. The summed E-state index contributed by atoms with van der Waals surface area (Å²) in [6.07, 6.45) is 0. The second-order valence-electron chi connectivity index (χ2n) is 3.06. The highest BCUT2D eigenvalue weighted by Crippen LogP contribution is 2.29. The number of carboxylic acid groups (broad SMARTS) is 1. The largest absolute Gasteiger partial charge is 0.497 e. The van der Waals surface area contributed by atoms with E-state index in [2.05, 4.69) is 20.9 Å². The van der Waals surface area contributed by atoms with Gasteiger partial charge in [-0.25, -0.2) is 4.79 Å². The number of carbonyl (C=O) groups is 1. The Morgan fingerprint density at radius 3 is 2.80 bits per heavy atom. The van der Waals surface area contributed by atoms with E-state index in [0.717, 1.165) is 15.4 Å². The highest BCUT2D eigenvalue weighted by molar-refractivity contribution is 9.10. The summed E-state index contributed by atoms with van der Waals surface area (Å²) < 4.78 is 5.86. The van der Waals surface area contributed by atoms with Crippen molar-refractivity contribution in [3.63, 3.8) is 0 Å². The summed E-state index contributed by atoms with van der Waals surface area (Å²) in [7, 11) is 1.57. The molecular weight excluding hydrogens is 262 g/mol. The van der Waals surface area contributed by atoms with E-state index in [0.29, 0.717) is 5.75 Å². The van der Waals surface area contributed by atoms with Crippen molar-refractivity contribution >= 4 is 32.8 Å². The third-order valence-corrected chi connectivity index (χ3v) is 2.75. The molecule has 2 N–H and O–H groups in total. The first-order valence-corrected chi connectivity index (χ1v) is 5.00. The first-order chi connectivity index (χ1) is 7.11. The molecule has 1 aromatic heterocycles. The van der Waals surface area contributed by atoms with Crippen molar-refractivity contribution in [2.24, 2.45) is 0 Å². The van der Waals surface area contributed by atoms with Crippen molar-refractivity contribution < 1.29 is 14.6 Å². The SMILES string of the molecule is COc1cc(Br)c2[nH]c(C(=O)O)cc2c1. The Labute approximate surface area is 94.0 Å². The maximum Gasteiger partial charge on any atom is 0.352 e. The van der Waals surface area contributed by atoms with Crippen molar-refractivity contribution in [2.45, 2.75) is 0 Å². The van der Waals surface area contributed by atoms with Crippen LogP contribution in [0.15, 0.2) is 22.7 Å². The maximum absolute atomic E-state index is 10.8. The fourth-order valence-electron chi connectivity index (χ4n) is 1.41. The number of hydrogen-bond donors (Lipinski definition) is 2. The van der Waals surface area contributed by atoms with Gasteiger partial charge in [0, 0.05) is 9.86 Å². The fraction of sp³-hybridized carbons (Fsp3) is 0.100. The first-order valence-electron chi connectivity index (χ1n) is 4.21. The Balaban J connectivity index is 2.69. The lowest BCUT2D eigenvalue weighted by atomic mass is 10.2. The molecule has 0 unspecified atom stereocenters. The topological polar surface area (TPSA) is 62.3 Å². The maximum atomic E-state index is 10.8. The molecule has 4 nitrogen and oxygen atoms in total. The van der Waals surface area contributed by atoms with Crippen LogP contribution < -0.4 is 4.74 Å². The van der Waals surface area contributed by atoms with E-state index in [1.54, 1.807) is 25.3 Å². The van der Waals surface area contributed by atoms with Crippen LogP contribution in [-0.4, -0.2) is 23.2 Å². The van der Waals surface area contributed by atoms with Crippen LogP contribution >= 0.6 is 15.9 Å². The van der Waals surface area contributed by atoms with E-state index < -0.39 is 5.97 Å². The number of ether oxygens (including phenoxy) is 1. The average molecular weight is 270 g/mol. The number of methoxy groups -OCH3 is 1. The molecule has 0 bridgehead atoms. The lowest BCUT2D eigenvalue weighted by Crippen LogP contribution is -1.94. The highest BCUT2D eigenvalue weighted by Gasteiger charge is 2.10. The van der Waals surface area contributed by atoms with Gasteiger partial charge in [0.05, 0.1) is 12.6 Å². The molecule has 1 heterocycles. The molecule has 0 spiro atoms. The smallest absolute Gasteiger partial charge is 0.352 e. The van der Waals surface area contributed by atoms with Crippen LogP contribution in [0.1, 0.15) is 10.5 Å². The van der Waals surface area contributed by atoms with Gasteiger partial charge in [0.1, 0.15) is 11.4 Å². The molecule has 0 atom stereocenters. The van der Waals surface area contributed by atoms with E-state index >= 15 is 0 Å². The normalized spacial score (nSPS) is 10.5. The predicted molar refractivity (Wildman–Crippen MR) is 59.5 cm³/mol. The third kappa shape index (κ3) is 1.70. The number of nitrogens with one attached hydrogen (secondary N) is 1. The third-order valence-electron chi connectivity index (χ3n) is 2.12. The molecule has 0 aliphatic carbocycles. The molecule has 0 aliphatic heterocycles. The molecule has 0 radical (unpaired) electrons. The van der Waals surface area contributed by atoms with Crippen LogP contribution in [0.4, 0.5) is 0 Å². The van der Waals surface area contributed by atoms with Crippen molar-refractivity contribution in [1.82, 2.24) is 4.98 Å².